The van der Waals surface area contributed by atoms with E-state index in [1.165, 1.54) is 6.42 Å². The summed E-state index contributed by atoms with van der Waals surface area (Å²) in [6.45, 7) is 16.7. The van der Waals surface area contributed by atoms with Crippen molar-refractivity contribution in [3.63, 3.8) is 0 Å². The van der Waals surface area contributed by atoms with Crippen LogP contribution in [0.2, 0.25) is 0 Å². The zero-order chi connectivity index (χ0) is 9.94. The smallest absolute Gasteiger partial charge is 0.0149 e. The molecule has 12 heavy (non-hydrogen) atoms. The summed E-state index contributed by atoms with van der Waals surface area (Å²) >= 11 is 0. The molecule has 0 rings (SSSR count). The van der Waals surface area contributed by atoms with E-state index in [0.717, 1.165) is 11.3 Å². The van der Waals surface area contributed by atoms with Gasteiger partial charge in [-0.3, -0.25) is 0 Å². The van der Waals surface area contributed by atoms with Crippen LogP contribution in [-0.4, -0.2) is 16.5 Å². The zero-order valence-electron chi connectivity index (χ0n) is 9.81. The van der Waals surface area contributed by atoms with Crippen LogP contribution in [0.15, 0.2) is 0 Å². The highest BCUT2D eigenvalue weighted by molar-refractivity contribution is 7.60. The van der Waals surface area contributed by atoms with Crippen LogP contribution in [0.4, 0.5) is 0 Å². The maximum Gasteiger partial charge on any atom is -0.0149 e. The fourth-order valence-corrected chi connectivity index (χ4v) is 6.53. The van der Waals surface area contributed by atoms with Crippen LogP contribution < -0.4 is 0 Å². The summed E-state index contributed by atoms with van der Waals surface area (Å²) in [5.74, 6) is 0. The van der Waals surface area contributed by atoms with Gasteiger partial charge in [-0.05, 0) is 22.9 Å². The third-order valence-corrected chi connectivity index (χ3v) is 6.62. The van der Waals surface area contributed by atoms with Crippen LogP contribution in [-0.2, 0) is 0 Å². The first-order chi connectivity index (χ1) is 5.33. The van der Waals surface area contributed by atoms with Crippen LogP contribution >= 0.6 is 7.92 Å². The van der Waals surface area contributed by atoms with Gasteiger partial charge in [-0.1, -0.05) is 56.4 Å². The lowest BCUT2D eigenvalue weighted by Crippen LogP contribution is -2.24. The third kappa shape index (κ3) is 3.05. The predicted molar refractivity (Wildman–Crippen MR) is 61.6 cm³/mol. The van der Waals surface area contributed by atoms with Crippen molar-refractivity contribution in [3.05, 3.63) is 0 Å². The molecule has 0 radical (unpaired) electrons. The van der Waals surface area contributed by atoms with Crippen molar-refractivity contribution in [1.82, 2.24) is 0 Å². The van der Waals surface area contributed by atoms with Crippen LogP contribution in [0.25, 0.3) is 0 Å². The molecule has 0 aromatic heterocycles. The molecular weight excluding hydrogens is 163 g/mol. The quantitative estimate of drug-likeness (QED) is 0.571. The van der Waals surface area contributed by atoms with Crippen molar-refractivity contribution in [3.8, 4) is 0 Å². The Bertz CT molecular complexity index is 117. The molecule has 0 aliphatic rings. The lowest BCUT2D eigenvalue weighted by Gasteiger charge is -2.40. The Labute approximate surface area is 79.9 Å². The van der Waals surface area contributed by atoms with Crippen molar-refractivity contribution in [2.75, 3.05) is 0 Å². The van der Waals surface area contributed by atoms with E-state index in [4.69, 9.17) is 0 Å². The average Bonchev–Trinajstić information content (AvgIpc) is 1.84. The molecule has 0 N–H and O–H groups in total. The second kappa shape index (κ2) is 4.61. The Balaban J connectivity index is 4.50. The standard InChI is InChI=1S/C11H25P/c1-8-11(6,7)12(9(2)3)10(4)5/h9-10H,8H2,1-7H3. The number of hydrogen-bond donors (Lipinski definition) is 0. The molecule has 0 aromatic carbocycles. The van der Waals surface area contributed by atoms with Crippen molar-refractivity contribution in [2.45, 2.75) is 71.4 Å². The molecule has 0 atom stereocenters. The molecule has 0 unspecified atom stereocenters. The molecule has 0 aliphatic heterocycles. The molecule has 0 aliphatic carbocycles. The van der Waals surface area contributed by atoms with Gasteiger partial charge in [0.15, 0.2) is 0 Å². The fourth-order valence-electron chi connectivity index (χ4n) is 2.18. The molecular formula is C11H25P. The molecule has 0 spiro atoms. The molecule has 0 saturated heterocycles. The third-order valence-electron chi connectivity index (χ3n) is 2.68. The molecule has 0 saturated carbocycles. The normalized spacial score (nSPS) is 13.5. The minimum Gasteiger partial charge on any atom is -0.0956 e. The molecule has 0 bridgehead atoms. The summed E-state index contributed by atoms with van der Waals surface area (Å²) in [7, 11) is 0.178. The fraction of sp³-hybridized carbons (Fsp3) is 1.00. The summed E-state index contributed by atoms with van der Waals surface area (Å²) in [5.41, 5.74) is 1.74. The van der Waals surface area contributed by atoms with Gasteiger partial charge < -0.3 is 0 Å². The minimum absolute atomic E-state index is 0.178. The van der Waals surface area contributed by atoms with E-state index < -0.39 is 0 Å². The van der Waals surface area contributed by atoms with Crippen molar-refractivity contribution < 1.29 is 0 Å². The maximum absolute atomic E-state index is 2.43. The van der Waals surface area contributed by atoms with Gasteiger partial charge in [-0.15, -0.1) is 0 Å². The summed E-state index contributed by atoms with van der Waals surface area (Å²) < 4.78 is 0. The van der Waals surface area contributed by atoms with Crippen molar-refractivity contribution in [2.24, 2.45) is 0 Å². The Morgan fingerprint density at radius 1 is 1.00 bits per heavy atom. The van der Waals surface area contributed by atoms with Gasteiger partial charge in [-0.25, -0.2) is 0 Å². The van der Waals surface area contributed by atoms with Crippen molar-refractivity contribution >= 4 is 7.92 Å². The topological polar surface area (TPSA) is 0 Å². The van der Waals surface area contributed by atoms with Crippen LogP contribution in [0.1, 0.15) is 54.9 Å². The molecule has 0 aromatic rings. The average molecular weight is 188 g/mol. The van der Waals surface area contributed by atoms with E-state index in [1.807, 2.05) is 0 Å². The van der Waals surface area contributed by atoms with Gasteiger partial charge in [-0.2, -0.15) is 0 Å². The van der Waals surface area contributed by atoms with Crippen molar-refractivity contribution in [1.29, 1.82) is 0 Å². The summed E-state index contributed by atoms with van der Waals surface area (Å²) in [5, 5.41) is 0.567. The molecule has 1 heteroatoms. The second-order valence-electron chi connectivity index (χ2n) is 4.76. The van der Waals surface area contributed by atoms with E-state index in [0.29, 0.717) is 5.16 Å². The van der Waals surface area contributed by atoms with Gasteiger partial charge >= 0.3 is 0 Å². The Kier molecular flexibility index (Phi) is 4.77. The Morgan fingerprint density at radius 3 is 1.42 bits per heavy atom. The monoisotopic (exact) mass is 188 g/mol. The lowest BCUT2D eigenvalue weighted by molar-refractivity contribution is 0.654. The number of rotatable bonds is 4. The molecule has 0 amide bonds. The summed E-state index contributed by atoms with van der Waals surface area (Å²) in [6.07, 6.45) is 1.31. The van der Waals surface area contributed by atoms with E-state index in [-0.39, 0.29) is 7.92 Å². The van der Waals surface area contributed by atoms with Gasteiger partial charge in [0.1, 0.15) is 0 Å². The SMILES string of the molecule is CCC(C)(C)P(C(C)C)C(C)C. The first-order valence-corrected chi connectivity index (χ1v) is 6.59. The van der Waals surface area contributed by atoms with Crippen LogP contribution in [0, 0.1) is 0 Å². The maximum atomic E-state index is 2.43. The predicted octanol–water partition coefficient (Wildman–Crippen LogP) is 4.47. The number of hydrogen-bond acceptors (Lipinski definition) is 0. The molecule has 0 heterocycles. The zero-order valence-corrected chi connectivity index (χ0v) is 10.7. The molecule has 74 valence electrons. The summed E-state index contributed by atoms with van der Waals surface area (Å²) in [6, 6.07) is 0. The second-order valence-corrected chi connectivity index (χ2v) is 8.85. The van der Waals surface area contributed by atoms with E-state index in [9.17, 15) is 0 Å². The minimum atomic E-state index is 0.178. The van der Waals surface area contributed by atoms with Crippen LogP contribution in [0.5, 0.6) is 0 Å². The lowest BCUT2D eigenvalue weighted by atomic mass is 10.1. The first-order valence-electron chi connectivity index (χ1n) is 5.11. The highest BCUT2D eigenvalue weighted by Crippen LogP contribution is 2.58. The van der Waals surface area contributed by atoms with E-state index in [2.05, 4.69) is 48.5 Å². The highest BCUT2D eigenvalue weighted by Gasteiger charge is 2.31. The first kappa shape index (κ1) is 12.4. The summed E-state index contributed by atoms with van der Waals surface area (Å²) in [4.78, 5) is 0. The van der Waals surface area contributed by atoms with Crippen LogP contribution in [0.3, 0.4) is 0 Å². The largest absolute Gasteiger partial charge is 0.0956 e. The molecule has 0 nitrogen and oxygen atoms in total. The highest BCUT2D eigenvalue weighted by atomic mass is 31.1. The van der Waals surface area contributed by atoms with E-state index in [1.54, 1.807) is 0 Å². The van der Waals surface area contributed by atoms with Gasteiger partial charge in [0.05, 0.1) is 0 Å². The van der Waals surface area contributed by atoms with Gasteiger partial charge in [0, 0.05) is 0 Å². The Morgan fingerprint density at radius 2 is 1.33 bits per heavy atom. The Hall–Kier alpha value is 0.430. The van der Waals surface area contributed by atoms with Gasteiger partial charge in [0.25, 0.3) is 0 Å². The van der Waals surface area contributed by atoms with E-state index >= 15 is 0 Å². The van der Waals surface area contributed by atoms with Gasteiger partial charge in [0.2, 0.25) is 0 Å². The molecule has 0 fully saturated rings.